The van der Waals surface area contributed by atoms with Gasteiger partial charge in [0.25, 0.3) is 0 Å². The summed E-state index contributed by atoms with van der Waals surface area (Å²) in [7, 11) is 0. The number of amides is 6. The van der Waals surface area contributed by atoms with Crippen LogP contribution in [-0.4, -0.2) is 70.5 Å². The van der Waals surface area contributed by atoms with Crippen LogP contribution in [0.25, 0.3) is 0 Å². The smallest absolute Gasteiger partial charge is 0.334 e. The monoisotopic (exact) mass is 380 g/mol. The van der Waals surface area contributed by atoms with Gasteiger partial charge in [0.1, 0.15) is 6.54 Å². The minimum Gasteiger partial charge on any atom is -0.350 e. The zero-order valence-corrected chi connectivity index (χ0v) is 15.4. The maximum Gasteiger partial charge on any atom is 0.334 e. The molecule has 0 radical (unpaired) electrons. The Hall–Kier alpha value is -2.75. The van der Waals surface area contributed by atoms with E-state index in [1.807, 2.05) is 17.5 Å². The van der Waals surface area contributed by atoms with Gasteiger partial charge < -0.3 is 10.2 Å². The molecule has 6 amide bonds. The Morgan fingerprint density at radius 1 is 1.15 bits per heavy atom. The fraction of sp³-hybridized carbons (Fsp3) is 0.438. The predicted molar refractivity (Wildman–Crippen MR) is 92.9 cm³/mol. The molecule has 26 heavy (non-hydrogen) atoms. The summed E-state index contributed by atoms with van der Waals surface area (Å²) in [6.07, 6.45) is 0. The number of hydrogen-bond acceptors (Lipinski definition) is 6. The van der Waals surface area contributed by atoms with Crippen LogP contribution in [0, 0.1) is 0 Å². The van der Waals surface area contributed by atoms with Gasteiger partial charge in [-0.3, -0.25) is 24.1 Å². The lowest BCUT2D eigenvalue weighted by molar-refractivity contribution is -0.145. The molecule has 1 saturated heterocycles. The number of carbonyl (C=O) groups excluding carboxylic acids is 5. The van der Waals surface area contributed by atoms with Crippen LogP contribution in [0.2, 0.25) is 0 Å². The van der Waals surface area contributed by atoms with E-state index in [4.69, 9.17) is 0 Å². The summed E-state index contributed by atoms with van der Waals surface area (Å²) >= 11 is 1.51. The van der Waals surface area contributed by atoms with Gasteiger partial charge in [0.2, 0.25) is 11.8 Å². The third-order valence-electron chi connectivity index (χ3n) is 3.85. The highest BCUT2D eigenvalue weighted by Crippen LogP contribution is 2.12. The average molecular weight is 380 g/mol. The van der Waals surface area contributed by atoms with Crippen LogP contribution in [0.4, 0.5) is 4.79 Å². The van der Waals surface area contributed by atoms with Crippen molar-refractivity contribution in [3.05, 3.63) is 22.4 Å². The van der Waals surface area contributed by atoms with Gasteiger partial charge in [-0.1, -0.05) is 6.07 Å². The molecule has 9 nitrogen and oxygen atoms in total. The molecule has 1 aromatic rings. The summed E-state index contributed by atoms with van der Waals surface area (Å²) in [5.74, 6) is -2.89. The number of imide groups is 2. The van der Waals surface area contributed by atoms with Gasteiger partial charge in [0.15, 0.2) is 0 Å². The normalized spacial score (nSPS) is 14.2. The standard InChI is InChI=1S/C16H20N4O5S/c1-3-18(9-12(21)17-8-11-6-5-7-26-11)13(22)10-20-15(24)14(23)19(4-2)16(20)25/h5-7H,3-4,8-10H2,1-2H3,(H,17,21). The maximum absolute atomic E-state index is 12.4. The molecular formula is C16H20N4O5S. The molecule has 0 aromatic carbocycles. The lowest BCUT2D eigenvalue weighted by Gasteiger charge is -2.22. The van der Waals surface area contributed by atoms with E-state index < -0.39 is 30.3 Å². The number of urea groups is 1. The Morgan fingerprint density at radius 2 is 1.85 bits per heavy atom. The summed E-state index contributed by atoms with van der Waals surface area (Å²) in [5.41, 5.74) is 0. The molecule has 0 atom stereocenters. The number of rotatable bonds is 8. The number of nitrogens with zero attached hydrogens (tertiary/aromatic N) is 3. The Kier molecular flexibility index (Phi) is 6.45. The van der Waals surface area contributed by atoms with Gasteiger partial charge in [0.05, 0.1) is 13.1 Å². The van der Waals surface area contributed by atoms with Gasteiger partial charge in [-0.25, -0.2) is 9.69 Å². The van der Waals surface area contributed by atoms with E-state index in [9.17, 15) is 24.0 Å². The molecule has 2 rings (SSSR count). The van der Waals surface area contributed by atoms with Crippen LogP contribution in [0.15, 0.2) is 17.5 Å². The van der Waals surface area contributed by atoms with Crippen molar-refractivity contribution in [2.45, 2.75) is 20.4 Å². The highest BCUT2D eigenvalue weighted by atomic mass is 32.1. The molecule has 140 valence electrons. The van der Waals surface area contributed by atoms with Crippen molar-refractivity contribution in [2.24, 2.45) is 0 Å². The summed E-state index contributed by atoms with van der Waals surface area (Å²) in [6.45, 7) is 3.13. The molecule has 1 aliphatic heterocycles. The lowest BCUT2D eigenvalue weighted by Crippen LogP contribution is -2.46. The molecule has 0 unspecified atom stereocenters. The minimum atomic E-state index is -1.02. The van der Waals surface area contributed by atoms with Crippen LogP contribution in [0.5, 0.6) is 0 Å². The maximum atomic E-state index is 12.4. The van der Waals surface area contributed by atoms with E-state index >= 15 is 0 Å². The SMILES string of the molecule is CCN(CC(=O)NCc1cccs1)C(=O)CN1C(=O)C(=O)N(CC)C1=O. The van der Waals surface area contributed by atoms with Crippen molar-refractivity contribution in [1.29, 1.82) is 0 Å². The Morgan fingerprint density at radius 3 is 2.38 bits per heavy atom. The summed E-state index contributed by atoms with van der Waals surface area (Å²) < 4.78 is 0. The molecule has 2 heterocycles. The molecular weight excluding hydrogens is 360 g/mol. The first-order valence-corrected chi connectivity index (χ1v) is 9.01. The van der Waals surface area contributed by atoms with E-state index in [1.165, 1.54) is 16.2 Å². The van der Waals surface area contributed by atoms with Crippen molar-refractivity contribution >= 4 is 41.0 Å². The Labute approximate surface area is 154 Å². The highest BCUT2D eigenvalue weighted by Gasteiger charge is 2.44. The van der Waals surface area contributed by atoms with Gasteiger partial charge in [-0.15, -0.1) is 11.3 Å². The molecule has 0 saturated carbocycles. The molecule has 0 aliphatic carbocycles. The number of carbonyl (C=O) groups is 5. The first-order chi connectivity index (χ1) is 12.4. The van der Waals surface area contributed by atoms with Gasteiger partial charge >= 0.3 is 17.8 Å². The van der Waals surface area contributed by atoms with Gasteiger partial charge in [0, 0.05) is 18.0 Å². The van der Waals surface area contributed by atoms with E-state index in [0.29, 0.717) is 11.4 Å². The molecule has 10 heteroatoms. The first kappa shape index (κ1) is 19.6. The molecule has 0 spiro atoms. The predicted octanol–water partition coefficient (Wildman–Crippen LogP) is 0.0235. The minimum absolute atomic E-state index is 0.0523. The lowest BCUT2D eigenvalue weighted by atomic mass is 10.4. The third-order valence-corrected chi connectivity index (χ3v) is 4.73. The number of nitrogens with one attached hydrogen (secondary N) is 1. The second-order valence-corrected chi connectivity index (χ2v) is 6.52. The molecule has 1 aliphatic rings. The first-order valence-electron chi connectivity index (χ1n) is 8.13. The van der Waals surface area contributed by atoms with Crippen LogP contribution >= 0.6 is 11.3 Å². The molecule has 1 N–H and O–H groups in total. The fourth-order valence-corrected chi connectivity index (χ4v) is 3.05. The second-order valence-electron chi connectivity index (χ2n) is 5.49. The number of likely N-dealkylation sites (N-methyl/N-ethyl adjacent to an activating group) is 2. The molecule has 1 aromatic heterocycles. The van der Waals surface area contributed by atoms with Crippen molar-refractivity contribution in [3.8, 4) is 0 Å². The van der Waals surface area contributed by atoms with Gasteiger partial charge in [-0.05, 0) is 25.3 Å². The summed E-state index contributed by atoms with van der Waals surface area (Å²) in [5, 5.41) is 4.60. The van der Waals surface area contributed by atoms with Crippen LogP contribution in [0.1, 0.15) is 18.7 Å². The molecule has 1 fully saturated rings. The quantitative estimate of drug-likeness (QED) is 0.506. The van der Waals surface area contributed by atoms with Crippen LogP contribution in [0.3, 0.4) is 0 Å². The van der Waals surface area contributed by atoms with Crippen molar-refractivity contribution in [1.82, 2.24) is 20.0 Å². The largest absolute Gasteiger partial charge is 0.350 e. The van der Waals surface area contributed by atoms with E-state index in [-0.39, 0.29) is 25.5 Å². The summed E-state index contributed by atoms with van der Waals surface area (Å²) in [4.78, 5) is 63.5. The van der Waals surface area contributed by atoms with E-state index in [1.54, 1.807) is 13.8 Å². The third kappa shape index (κ3) is 4.26. The second kappa shape index (κ2) is 8.56. The van der Waals surface area contributed by atoms with Gasteiger partial charge in [-0.2, -0.15) is 0 Å². The molecule has 0 bridgehead atoms. The zero-order valence-electron chi connectivity index (χ0n) is 14.6. The summed E-state index contributed by atoms with van der Waals surface area (Å²) in [6, 6.07) is 2.95. The van der Waals surface area contributed by atoms with Crippen LogP contribution in [-0.2, 0) is 25.7 Å². The van der Waals surface area contributed by atoms with Crippen molar-refractivity contribution in [3.63, 3.8) is 0 Å². The average Bonchev–Trinajstić information content (AvgIpc) is 3.21. The van der Waals surface area contributed by atoms with Crippen LogP contribution < -0.4 is 5.32 Å². The number of hydrogen-bond donors (Lipinski definition) is 1. The zero-order chi connectivity index (χ0) is 19.3. The van der Waals surface area contributed by atoms with Crippen molar-refractivity contribution < 1.29 is 24.0 Å². The van der Waals surface area contributed by atoms with Crippen molar-refractivity contribution in [2.75, 3.05) is 26.2 Å². The number of thiophene rings is 1. The Bertz CT molecular complexity index is 718. The Balaban J connectivity index is 1.91. The fourth-order valence-electron chi connectivity index (χ4n) is 2.41. The topological polar surface area (TPSA) is 107 Å². The van der Waals surface area contributed by atoms with E-state index in [2.05, 4.69) is 5.32 Å². The highest BCUT2D eigenvalue weighted by molar-refractivity contribution is 7.09. The van der Waals surface area contributed by atoms with E-state index in [0.717, 1.165) is 9.78 Å².